The minimum Gasteiger partial charge on any atom is -0.297 e. The molecule has 0 amide bonds. The summed E-state index contributed by atoms with van der Waals surface area (Å²) in [5, 5.41) is 6.82. The maximum atomic E-state index is 13.2. The predicted octanol–water partition coefficient (Wildman–Crippen LogP) is 4.37. The predicted molar refractivity (Wildman–Crippen MR) is 148 cm³/mol. The Bertz CT molecular complexity index is 1540. The van der Waals surface area contributed by atoms with Crippen LogP contribution in [0.5, 0.6) is 0 Å². The smallest absolute Gasteiger partial charge is 0.297 e. The Kier molecular flexibility index (Phi) is 7.08. The molecule has 2 aromatic heterocycles. The molecule has 5 rings (SSSR count). The molecule has 8 nitrogen and oxygen atoms in total. The first-order valence-electron chi connectivity index (χ1n) is 13.1. The summed E-state index contributed by atoms with van der Waals surface area (Å²) in [7, 11) is 3.15. The lowest BCUT2D eigenvalue weighted by atomic mass is 10.0. The molecule has 0 atom stereocenters. The topological polar surface area (TPSA) is 77.4 Å². The highest BCUT2D eigenvalue weighted by molar-refractivity contribution is 6.02. The number of unbranched alkanes of at least 4 members (excludes halogenated alkanes) is 4. The van der Waals surface area contributed by atoms with Crippen molar-refractivity contribution in [1.29, 1.82) is 0 Å². The van der Waals surface area contributed by atoms with Gasteiger partial charge in [0.1, 0.15) is 0 Å². The van der Waals surface area contributed by atoms with E-state index in [1.54, 1.807) is 7.05 Å². The SMILES string of the molecule is CCCCCCCc1ccc(C2=NN(Cc3ccccc3)c3nc4c(c(=O)n(C)c(=O)n4C)n3C2)cc1. The van der Waals surface area contributed by atoms with Crippen LogP contribution in [0.1, 0.15) is 55.7 Å². The van der Waals surface area contributed by atoms with Crippen molar-refractivity contribution < 1.29 is 0 Å². The van der Waals surface area contributed by atoms with E-state index in [2.05, 4.69) is 31.2 Å². The molecule has 0 aliphatic carbocycles. The Balaban J connectivity index is 1.51. The molecule has 0 N–H and O–H groups in total. The van der Waals surface area contributed by atoms with E-state index in [0.29, 0.717) is 30.2 Å². The minimum atomic E-state index is -0.394. The number of aromatic nitrogens is 4. The molecule has 8 heteroatoms. The van der Waals surface area contributed by atoms with E-state index in [1.807, 2.05) is 39.9 Å². The van der Waals surface area contributed by atoms with E-state index in [0.717, 1.165) is 27.8 Å². The van der Waals surface area contributed by atoms with Crippen LogP contribution in [0.25, 0.3) is 11.2 Å². The van der Waals surface area contributed by atoms with E-state index in [1.165, 1.54) is 49.3 Å². The van der Waals surface area contributed by atoms with Crippen molar-refractivity contribution in [2.24, 2.45) is 19.2 Å². The number of aryl methyl sites for hydroxylation is 2. The maximum Gasteiger partial charge on any atom is 0.332 e. The summed E-state index contributed by atoms with van der Waals surface area (Å²) in [5.41, 5.74) is 4.31. The third kappa shape index (κ3) is 4.88. The first-order valence-corrected chi connectivity index (χ1v) is 13.1. The van der Waals surface area contributed by atoms with Crippen LogP contribution >= 0.6 is 0 Å². The van der Waals surface area contributed by atoms with Crippen LogP contribution in [-0.2, 0) is 33.6 Å². The molecule has 0 saturated heterocycles. The Morgan fingerprint density at radius 3 is 2.30 bits per heavy atom. The zero-order chi connectivity index (χ0) is 25.9. The van der Waals surface area contributed by atoms with Crippen LogP contribution in [0.3, 0.4) is 0 Å². The van der Waals surface area contributed by atoms with E-state index < -0.39 is 5.69 Å². The second-order valence-electron chi connectivity index (χ2n) is 9.83. The normalized spacial score (nSPS) is 13.2. The van der Waals surface area contributed by atoms with Gasteiger partial charge in [-0.1, -0.05) is 87.2 Å². The Morgan fingerprint density at radius 2 is 1.57 bits per heavy atom. The molecule has 37 heavy (non-hydrogen) atoms. The number of fused-ring (bicyclic) bond motifs is 3. The number of rotatable bonds is 9. The lowest BCUT2D eigenvalue weighted by Gasteiger charge is -2.26. The number of benzene rings is 2. The van der Waals surface area contributed by atoms with Gasteiger partial charge in [0.15, 0.2) is 11.2 Å². The first-order chi connectivity index (χ1) is 18.0. The molecule has 0 saturated carbocycles. The van der Waals surface area contributed by atoms with Crippen molar-refractivity contribution in [3.05, 3.63) is 92.1 Å². The van der Waals surface area contributed by atoms with Gasteiger partial charge in [-0.2, -0.15) is 10.1 Å². The fourth-order valence-electron chi connectivity index (χ4n) is 4.96. The average Bonchev–Trinajstić information content (AvgIpc) is 3.32. The monoisotopic (exact) mass is 498 g/mol. The summed E-state index contributed by atoms with van der Waals surface area (Å²) in [5.74, 6) is 0.560. The Hall–Kier alpha value is -3.94. The molecule has 0 fully saturated rings. The molecule has 0 bridgehead atoms. The minimum absolute atomic E-state index is 0.351. The Labute approximate surface area is 216 Å². The zero-order valence-electron chi connectivity index (χ0n) is 21.9. The third-order valence-corrected chi connectivity index (χ3v) is 7.14. The summed E-state index contributed by atoms with van der Waals surface area (Å²) in [6, 6.07) is 18.7. The lowest BCUT2D eigenvalue weighted by molar-refractivity contribution is 0.632. The van der Waals surface area contributed by atoms with Gasteiger partial charge in [0.05, 0.1) is 18.8 Å². The summed E-state index contributed by atoms with van der Waals surface area (Å²) >= 11 is 0. The first kappa shape index (κ1) is 24.7. The molecule has 1 aliphatic rings. The number of hydrazone groups is 1. The van der Waals surface area contributed by atoms with Gasteiger partial charge in [0.2, 0.25) is 5.95 Å². The van der Waals surface area contributed by atoms with Crippen molar-refractivity contribution >= 4 is 22.8 Å². The highest BCUT2D eigenvalue weighted by Gasteiger charge is 2.28. The van der Waals surface area contributed by atoms with Crippen LogP contribution in [0.4, 0.5) is 5.95 Å². The highest BCUT2D eigenvalue weighted by Crippen LogP contribution is 2.27. The molecule has 0 unspecified atom stereocenters. The fraction of sp³-hybridized carbons (Fsp3) is 0.379. The van der Waals surface area contributed by atoms with Crippen molar-refractivity contribution in [3.8, 4) is 0 Å². The van der Waals surface area contributed by atoms with E-state index in [4.69, 9.17) is 10.1 Å². The van der Waals surface area contributed by atoms with Crippen LogP contribution in [-0.4, -0.2) is 24.4 Å². The van der Waals surface area contributed by atoms with Gasteiger partial charge in [0.25, 0.3) is 5.56 Å². The zero-order valence-corrected chi connectivity index (χ0v) is 21.9. The van der Waals surface area contributed by atoms with Gasteiger partial charge in [0, 0.05) is 14.1 Å². The third-order valence-electron chi connectivity index (χ3n) is 7.14. The molecule has 1 aliphatic heterocycles. The number of hydrogen-bond acceptors (Lipinski definition) is 5. The molecular weight excluding hydrogens is 464 g/mol. The molecule has 2 aromatic carbocycles. The second-order valence-corrected chi connectivity index (χ2v) is 9.83. The van der Waals surface area contributed by atoms with Crippen LogP contribution < -0.4 is 16.3 Å². The van der Waals surface area contributed by atoms with Gasteiger partial charge < -0.3 is 0 Å². The van der Waals surface area contributed by atoms with Crippen molar-refractivity contribution in [1.82, 2.24) is 18.7 Å². The highest BCUT2D eigenvalue weighted by atomic mass is 16.2. The maximum absolute atomic E-state index is 13.2. The molecule has 192 valence electrons. The van der Waals surface area contributed by atoms with E-state index in [9.17, 15) is 9.59 Å². The molecule has 0 radical (unpaired) electrons. The van der Waals surface area contributed by atoms with E-state index in [-0.39, 0.29) is 5.56 Å². The van der Waals surface area contributed by atoms with Gasteiger partial charge in [-0.15, -0.1) is 0 Å². The quantitative estimate of drug-likeness (QED) is 0.321. The fourth-order valence-corrected chi connectivity index (χ4v) is 4.96. The van der Waals surface area contributed by atoms with Crippen molar-refractivity contribution in [2.75, 3.05) is 5.01 Å². The largest absolute Gasteiger partial charge is 0.332 e. The second kappa shape index (κ2) is 10.6. The van der Waals surface area contributed by atoms with Crippen molar-refractivity contribution in [2.45, 2.75) is 58.5 Å². The summed E-state index contributed by atoms with van der Waals surface area (Å²) in [6.45, 7) is 3.14. The summed E-state index contributed by atoms with van der Waals surface area (Å²) in [4.78, 5) is 30.5. The van der Waals surface area contributed by atoms with Crippen LogP contribution in [0.2, 0.25) is 0 Å². The standard InChI is InChI=1S/C29H34N6O2/c1-4-5-6-7-9-12-21-15-17-23(18-16-21)24-20-34-25-26(32(2)29(37)33(3)27(25)36)30-28(34)35(31-24)19-22-13-10-8-11-14-22/h8,10-11,13-18H,4-7,9,12,19-20H2,1-3H3. The average molecular weight is 499 g/mol. The van der Waals surface area contributed by atoms with E-state index >= 15 is 0 Å². The number of hydrogen-bond donors (Lipinski definition) is 0. The number of imidazole rings is 1. The van der Waals surface area contributed by atoms with Gasteiger partial charge >= 0.3 is 5.69 Å². The van der Waals surface area contributed by atoms with Gasteiger partial charge in [-0.25, -0.2) is 9.80 Å². The molecule has 0 spiro atoms. The number of anilines is 1. The van der Waals surface area contributed by atoms with Gasteiger partial charge in [-0.3, -0.25) is 18.5 Å². The number of nitrogens with zero attached hydrogens (tertiary/aromatic N) is 6. The summed E-state index contributed by atoms with van der Waals surface area (Å²) in [6.07, 6.45) is 7.42. The Morgan fingerprint density at radius 1 is 0.838 bits per heavy atom. The van der Waals surface area contributed by atoms with Gasteiger partial charge in [-0.05, 0) is 29.5 Å². The van der Waals surface area contributed by atoms with Crippen LogP contribution in [0.15, 0.2) is 69.3 Å². The lowest BCUT2D eigenvalue weighted by Crippen LogP contribution is -2.38. The summed E-state index contributed by atoms with van der Waals surface area (Å²) < 4.78 is 4.46. The van der Waals surface area contributed by atoms with Crippen molar-refractivity contribution in [3.63, 3.8) is 0 Å². The molecule has 3 heterocycles. The van der Waals surface area contributed by atoms with Crippen LogP contribution in [0, 0.1) is 0 Å². The molecular formula is C29H34N6O2. The molecule has 4 aromatic rings.